The van der Waals surface area contributed by atoms with E-state index in [1.165, 1.54) is 0 Å². The zero-order valence-electron chi connectivity index (χ0n) is 12.8. The van der Waals surface area contributed by atoms with Gasteiger partial charge in [-0.1, -0.05) is 24.3 Å². The smallest absolute Gasteiger partial charge is 0.312 e. The molecule has 0 spiro atoms. The minimum atomic E-state index is -0.874. The Morgan fingerprint density at radius 2 is 1.80 bits per heavy atom. The number of rotatable bonds is 5. The van der Waals surface area contributed by atoms with Crippen molar-refractivity contribution in [3.63, 3.8) is 0 Å². The maximum atomic E-state index is 11.9. The van der Waals surface area contributed by atoms with Gasteiger partial charge in [-0.15, -0.1) is 0 Å². The molecule has 1 aromatic carbocycles. The highest BCUT2D eigenvalue weighted by molar-refractivity contribution is 5.73. The molecule has 4 nitrogen and oxygen atoms in total. The first-order valence-corrected chi connectivity index (χ1v) is 6.73. The number of methoxy groups -OCH3 is 1. The van der Waals surface area contributed by atoms with Crippen LogP contribution in [0.5, 0.6) is 0 Å². The summed E-state index contributed by atoms with van der Waals surface area (Å²) in [6.45, 7) is 7.62. The summed E-state index contributed by atoms with van der Waals surface area (Å²) in [4.78, 5) is 11.9. The average Bonchev–Trinajstić information content (AvgIpc) is 2.36. The monoisotopic (exact) mass is 280 g/mol. The van der Waals surface area contributed by atoms with Crippen molar-refractivity contribution in [3.05, 3.63) is 35.4 Å². The number of ether oxygens (including phenoxy) is 2. The Balaban J connectivity index is 2.73. The van der Waals surface area contributed by atoms with Gasteiger partial charge in [-0.05, 0) is 38.8 Å². The Morgan fingerprint density at radius 3 is 2.25 bits per heavy atom. The van der Waals surface area contributed by atoms with E-state index in [1.807, 2.05) is 32.9 Å². The molecular weight excluding hydrogens is 256 g/mol. The second kappa shape index (κ2) is 6.86. The highest BCUT2D eigenvalue weighted by atomic mass is 16.6. The van der Waals surface area contributed by atoms with Crippen LogP contribution in [0.1, 0.15) is 44.9 Å². The Hall–Kier alpha value is -1.39. The molecule has 0 saturated heterocycles. The summed E-state index contributed by atoms with van der Waals surface area (Å²) in [5, 5.41) is 10.2. The molecule has 1 aromatic rings. The number of carbonyl (C=O) groups excluding carboxylic acids is 1. The van der Waals surface area contributed by atoms with Gasteiger partial charge in [0.2, 0.25) is 0 Å². The molecular formula is C16H24O4. The maximum absolute atomic E-state index is 11.9. The van der Waals surface area contributed by atoms with Crippen molar-refractivity contribution in [2.24, 2.45) is 5.92 Å². The topological polar surface area (TPSA) is 55.8 Å². The third kappa shape index (κ3) is 4.94. The zero-order valence-corrected chi connectivity index (χ0v) is 12.8. The molecule has 0 aliphatic rings. The first-order valence-electron chi connectivity index (χ1n) is 6.73. The van der Waals surface area contributed by atoms with Gasteiger partial charge in [0.15, 0.2) is 0 Å². The first-order chi connectivity index (χ1) is 9.24. The molecule has 20 heavy (non-hydrogen) atoms. The van der Waals surface area contributed by atoms with E-state index in [0.717, 1.165) is 5.56 Å². The summed E-state index contributed by atoms with van der Waals surface area (Å²) in [5.41, 5.74) is 1.17. The number of aliphatic hydroxyl groups excluding tert-OH is 1. The van der Waals surface area contributed by atoms with E-state index in [9.17, 15) is 9.90 Å². The Morgan fingerprint density at radius 1 is 1.25 bits per heavy atom. The molecule has 0 amide bonds. The number of carbonyl (C=O) groups is 1. The van der Waals surface area contributed by atoms with Crippen LogP contribution in [0.25, 0.3) is 0 Å². The van der Waals surface area contributed by atoms with E-state index in [0.29, 0.717) is 12.2 Å². The lowest BCUT2D eigenvalue weighted by atomic mass is 9.96. The van der Waals surface area contributed by atoms with Crippen LogP contribution in [0.2, 0.25) is 0 Å². The predicted octanol–water partition coefficient (Wildman–Crippen LogP) is 2.84. The van der Waals surface area contributed by atoms with Crippen molar-refractivity contribution in [2.75, 3.05) is 7.11 Å². The SMILES string of the molecule is COCc1ccc(C(O)C(C)C(=O)OC(C)(C)C)cc1. The first kappa shape index (κ1) is 16.7. The van der Waals surface area contributed by atoms with Crippen molar-refractivity contribution in [1.29, 1.82) is 0 Å². The van der Waals surface area contributed by atoms with Crippen LogP contribution in [-0.4, -0.2) is 23.8 Å². The third-order valence-electron chi connectivity index (χ3n) is 2.88. The van der Waals surface area contributed by atoms with Gasteiger partial charge in [0, 0.05) is 7.11 Å². The molecule has 112 valence electrons. The molecule has 1 rings (SSSR count). The van der Waals surface area contributed by atoms with Crippen LogP contribution >= 0.6 is 0 Å². The minimum Gasteiger partial charge on any atom is -0.460 e. The fraction of sp³-hybridized carbons (Fsp3) is 0.562. The summed E-state index contributed by atoms with van der Waals surface area (Å²) >= 11 is 0. The second-order valence-electron chi connectivity index (χ2n) is 5.94. The van der Waals surface area contributed by atoms with E-state index in [-0.39, 0.29) is 0 Å². The van der Waals surface area contributed by atoms with Crippen LogP contribution in [0, 0.1) is 5.92 Å². The van der Waals surface area contributed by atoms with Gasteiger partial charge in [0.25, 0.3) is 0 Å². The lowest BCUT2D eigenvalue weighted by Crippen LogP contribution is -2.30. The molecule has 0 radical (unpaired) electrons. The fourth-order valence-electron chi connectivity index (χ4n) is 1.79. The lowest BCUT2D eigenvalue weighted by Gasteiger charge is -2.24. The Labute approximate surface area is 120 Å². The number of esters is 1. The molecule has 0 fully saturated rings. The third-order valence-corrected chi connectivity index (χ3v) is 2.88. The molecule has 0 saturated carbocycles. The molecule has 0 aliphatic carbocycles. The van der Waals surface area contributed by atoms with Gasteiger partial charge in [-0.25, -0.2) is 0 Å². The summed E-state index contributed by atoms with van der Waals surface area (Å²) < 4.78 is 10.3. The molecule has 4 heteroatoms. The van der Waals surface area contributed by atoms with Gasteiger partial charge in [0.1, 0.15) is 5.60 Å². The van der Waals surface area contributed by atoms with Crippen LogP contribution in [0.15, 0.2) is 24.3 Å². The maximum Gasteiger partial charge on any atom is 0.312 e. The number of benzene rings is 1. The van der Waals surface area contributed by atoms with Crippen molar-refractivity contribution in [1.82, 2.24) is 0 Å². The normalized spacial score (nSPS) is 14.7. The van der Waals surface area contributed by atoms with Crippen molar-refractivity contribution in [3.8, 4) is 0 Å². The van der Waals surface area contributed by atoms with E-state index in [1.54, 1.807) is 26.2 Å². The summed E-state index contributed by atoms with van der Waals surface area (Å²) in [7, 11) is 1.63. The van der Waals surface area contributed by atoms with E-state index >= 15 is 0 Å². The van der Waals surface area contributed by atoms with Gasteiger partial charge in [0.05, 0.1) is 18.6 Å². The summed E-state index contributed by atoms with van der Waals surface area (Å²) in [6.07, 6.45) is -0.874. The van der Waals surface area contributed by atoms with Crippen molar-refractivity contribution in [2.45, 2.75) is 46.0 Å². The largest absolute Gasteiger partial charge is 0.460 e. The minimum absolute atomic E-state index is 0.397. The van der Waals surface area contributed by atoms with Gasteiger partial charge >= 0.3 is 5.97 Å². The molecule has 0 heterocycles. The van der Waals surface area contributed by atoms with Gasteiger partial charge in [-0.3, -0.25) is 4.79 Å². The van der Waals surface area contributed by atoms with Gasteiger partial charge in [-0.2, -0.15) is 0 Å². The molecule has 0 bridgehead atoms. The Kier molecular flexibility index (Phi) is 5.72. The standard InChI is InChI=1S/C16H24O4/c1-11(15(18)20-16(2,3)4)14(17)13-8-6-12(7-9-13)10-19-5/h6-9,11,14,17H,10H2,1-5H3. The molecule has 0 aromatic heterocycles. The van der Waals surface area contributed by atoms with E-state index < -0.39 is 23.6 Å². The number of hydrogen-bond donors (Lipinski definition) is 1. The summed E-state index contributed by atoms with van der Waals surface area (Å²) in [5.74, 6) is -1.01. The van der Waals surface area contributed by atoms with Gasteiger partial charge < -0.3 is 14.6 Å². The quantitative estimate of drug-likeness (QED) is 0.843. The second-order valence-corrected chi connectivity index (χ2v) is 5.94. The van der Waals surface area contributed by atoms with Crippen molar-refractivity contribution >= 4 is 5.97 Å². The predicted molar refractivity (Wildman–Crippen MR) is 77.1 cm³/mol. The van der Waals surface area contributed by atoms with Crippen molar-refractivity contribution < 1.29 is 19.4 Å². The highest BCUT2D eigenvalue weighted by Gasteiger charge is 2.28. The Bertz CT molecular complexity index is 431. The lowest BCUT2D eigenvalue weighted by molar-refractivity contribution is -0.163. The van der Waals surface area contributed by atoms with E-state index in [4.69, 9.17) is 9.47 Å². The number of hydrogen-bond acceptors (Lipinski definition) is 4. The van der Waals surface area contributed by atoms with Crippen LogP contribution in [0.4, 0.5) is 0 Å². The molecule has 2 atom stereocenters. The summed E-state index contributed by atoms with van der Waals surface area (Å²) in [6, 6.07) is 7.37. The number of aliphatic hydroxyl groups is 1. The molecule has 1 N–H and O–H groups in total. The highest BCUT2D eigenvalue weighted by Crippen LogP contribution is 2.25. The molecule has 2 unspecified atom stereocenters. The molecule has 0 aliphatic heterocycles. The van der Waals surface area contributed by atoms with E-state index in [2.05, 4.69) is 0 Å². The van der Waals surface area contributed by atoms with Crippen LogP contribution in [0.3, 0.4) is 0 Å². The zero-order chi connectivity index (χ0) is 15.3. The fourth-order valence-corrected chi connectivity index (χ4v) is 1.79. The van der Waals surface area contributed by atoms with Crippen LogP contribution in [-0.2, 0) is 20.9 Å². The average molecular weight is 280 g/mol. The van der Waals surface area contributed by atoms with Crippen LogP contribution < -0.4 is 0 Å².